The van der Waals surface area contributed by atoms with Crippen LogP contribution in [0.1, 0.15) is 36.6 Å². The summed E-state index contributed by atoms with van der Waals surface area (Å²) < 4.78 is 7.18. The molecule has 1 saturated heterocycles. The van der Waals surface area contributed by atoms with Crippen LogP contribution in [0.15, 0.2) is 48.5 Å². The summed E-state index contributed by atoms with van der Waals surface area (Å²) in [6, 6.07) is 16.5. The molecule has 166 valence electrons. The first-order chi connectivity index (χ1) is 15.4. The molecular weight excluding hydrogens is 402 g/mol. The van der Waals surface area contributed by atoms with E-state index in [1.54, 1.807) is 11.6 Å². The standard InChI is InChI=1S/C25H29N5O2/c1-25(31)10-12-29(13-11-25)16-18-7-4-3-6-17(18)14-19-15-21-20-8-5-9-22(32-2)23(20)27-24(26)30(21)28-19/h3-9,15,31H,10-14,16H2,1-2H3,(H2,26,27). The molecule has 4 aromatic rings. The minimum Gasteiger partial charge on any atom is -0.494 e. The van der Waals surface area contributed by atoms with E-state index in [-0.39, 0.29) is 0 Å². The number of likely N-dealkylation sites (tertiary alicyclic amines) is 1. The second kappa shape index (κ2) is 8.07. The number of nitrogen functional groups attached to an aromatic ring is 1. The van der Waals surface area contributed by atoms with Gasteiger partial charge in [0.2, 0.25) is 5.95 Å². The summed E-state index contributed by atoms with van der Waals surface area (Å²) in [5, 5.41) is 16.0. The summed E-state index contributed by atoms with van der Waals surface area (Å²) in [6.45, 7) is 4.63. The zero-order valence-corrected chi connectivity index (χ0v) is 18.6. The number of rotatable bonds is 5. The van der Waals surface area contributed by atoms with Gasteiger partial charge in [-0.1, -0.05) is 36.4 Å². The number of fused-ring (bicyclic) bond motifs is 3. The summed E-state index contributed by atoms with van der Waals surface area (Å²) in [4.78, 5) is 6.95. The molecule has 0 aliphatic carbocycles. The van der Waals surface area contributed by atoms with Gasteiger partial charge in [-0.2, -0.15) is 9.61 Å². The van der Waals surface area contributed by atoms with E-state index in [1.165, 1.54) is 11.1 Å². The minimum atomic E-state index is -0.536. The lowest BCUT2D eigenvalue weighted by molar-refractivity contribution is -0.00734. The van der Waals surface area contributed by atoms with Gasteiger partial charge in [-0.3, -0.25) is 4.90 Å². The highest BCUT2D eigenvalue weighted by Crippen LogP contribution is 2.29. The maximum atomic E-state index is 10.2. The molecular formula is C25H29N5O2. The second-order valence-corrected chi connectivity index (χ2v) is 8.98. The first kappa shape index (κ1) is 20.7. The van der Waals surface area contributed by atoms with Crippen LogP contribution in [0.5, 0.6) is 5.75 Å². The molecule has 0 unspecified atom stereocenters. The Bertz CT molecular complexity index is 1270. The van der Waals surface area contributed by atoms with Crippen molar-refractivity contribution in [3.8, 4) is 5.75 Å². The molecule has 0 spiro atoms. The van der Waals surface area contributed by atoms with Gasteiger partial charge in [-0.15, -0.1) is 0 Å². The van der Waals surface area contributed by atoms with Crippen molar-refractivity contribution in [1.82, 2.24) is 19.5 Å². The molecule has 5 rings (SSSR count). The van der Waals surface area contributed by atoms with Gasteiger partial charge in [-0.25, -0.2) is 4.98 Å². The van der Waals surface area contributed by atoms with E-state index in [0.717, 1.165) is 54.6 Å². The molecule has 3 heterocycles. The fourth-order valence-electron chi connectivity index (χ4n) is 4.57. The predicted molar refractivity (Wildman–Crippen MR) is 126 cm³/mol. The van der Waals surface area contributed by atoms with E-state index in [0.29, 0.717) is 18.1 Å². The first-order valence-corrected chi connectivity index (χ1v) is 11.1. The largest absolute Gasteiger partial charge is 0.494 e. The number of ether oxygens (including phenoxy) is 1. The van der Waals surface area contributed by atoms with Gasteiger partial charge in [-0.05, 0) is 43.0 Å². The van der Waals surface area contributed by atoms with E-state index in [4.69, 9.17) is 15.6 Å². The zero-order chi connectivity index (χ0) is 22.3. The number of para-hydroxylation sites is 1. The molecule has 1 aliphatic rings. The molecule has 2 aromatic carbocycles. The Labute approximate surface area is 187 Å². The summed E-state index contributed by atoms with van der Waals surface area (Å²) in [5.74, 6) is 1.04. The molecule has 2 aromatic heterocycles. The van der Waals surface area contributed by atoms with Gasteiger partial charge >= 0.3 is 0 Å². The molecule has 0 atom stereocenters. The first-order valence-electron chi connectivity index (χ1n) is 11.1. The monoisotopic (exact) mass is 431 g/mol. The van der Waals surface area contributed by atoms with Crippen molar-refractivity contribution in [3.05, 3.63) is 65.4 Å². The molecule has 0 amide bonds. The van der Waals surface area contributed by atoms with Gasteiger partial charge in [0, 0.05) is 31.4 Å². The number of nitrogens with two attached hydrogens (primary N) is 1. The highest BCUT2D eigenvalue weighted by atomic mass is 16.5. The number of benzene rings is 2. The van der Waals surface area contributed by atoms with Crippen molar-refractivity contribution in [2.75, 3.05) is 25.9 Å². The Balaban J connectivity index is 1.45. The fourth-order valence-corrected chi connectivity index (χ4v) is 4.57. The Morgan fingerprint density at radius 2 is 1.84 bits per heavy atom. The van der Waals surface area contributed by atoms with Gasteiger partial charge in [0.15, 0.2) is 0 Å². The van der Waals surface area contributed by atoms with E-state index < -0.39 is 5.60 Å². The lowest BCUT2D eigenvalue weighted by Gasteiger charge is -2.36. The maximum absolute atomic E-state index is 10.2. The summed E-state index contributed by atoms with van der Waals surface area (Å²) in [6.07, 6.45) is 2.34. The van der Waals surface area contributed by atoms with Crippen LogP contribution >= 0.6 is 0 Å². The van der Waals surface area contributed by atoms with E-state index in [9.17, 15) is 5.11 Å². The summed E-state index contributed by atoms with van der Waals surface area (Å²) in [7, 11) is 1.64. The molecule has 0 saturated carbocycles. The minimum absolute atomic E-state index is 0.344. The molecule has 0 radical (unpaired) electrons. The van der Waals surface area contributed by atoms with Crippen LogP contribution in [0, 0.1) is 0 Å². The predicted octanol–water partition coefficient (Wildman–Crippen LogP) is 3.41. The Hall–Kier alpha value is -3.16. The molecule has 0 bridgehead atoms. The summed E-state index contributed by atoms with van der Waals surface area (Å²) >= 11 is 0. The average Bonchev–Trinajstić information content (AvgIpc) is 3.21. The molecule has 32 heavy (non-hydrogen) atoms. The zero-order valence-electron chi connectivity index (χ0n) is 18.6. The summed E-state index contributed by atoms with van der Waals surface area (Å²) in [5.41, 5.74) is 10.9. The number of methoxy groups -OCH3 is 1. The van der Waals surface area contributed by atoms with Crippen molar-refractivity contribution >= 4 is 22.4 Å². The SMILES string of the molecule is COc1cccc2c1nc(N)n1nc(Cc3ccccc3CN3CCC(C)(O)CC3)cc21. The number of anilines is 1. The van der Waals surface area contributed by atoms with Crippen LogP contribution in [0.2, 0.25) is 0 Å². The van der Waals surface area contributed by atoms with Gasteiger partial charge in [0.25, 0.3) is 0 Å². The van der Waals surface area contributed by atoms with Crippen molar-refractivity contribution in [2.45, 2.75) is 38.3 Å². The number of hydrogen-bond acceptors (Lipinski definition) is 6. The smallest absolute Gasteiger partial charge is 0.222 e. The molecule has 1 fully saturated rings. The number of aliphatic hydroxyl groups is 1. The topological polar surface area (TPSA) is 88.9 Å². The highest BCUT2D eigenvalue weighted by Gasteiger charge is 2.27. The van der Waals surface area contributed by atoms with E-state index in [2.05, 4.69) is 40.2 Å². The number of hydrogen-bond donors (Lipinski definition) is 2. The van der Waals surface area contributed by atoms with E-state index >= 15 is 0 Å². The van der Waals surface area contributed by atoms with Gasteiger partial charge in [0.05, 0.1) is 23.9 Å². The molecule has 7 heteroatoms. The normalized spacial score (nSPS) is 16.6. The number of aromatic nitrogens is 3. The van der Waals surface area contributed by atoms with Crippen LogP contribution in [0.25, 0.3) is 16.4 Å². The fraction of sp³-hybridized carbons (Fsp3) is 0.360. The number of nitrogens with zero attached hydrogens (tertiary/aromatic N) is 4. The second-order valence-electron chi connectivity index (χ2n) is 8.98. The third-order valence-electron chi connectivity index (χ3n) is 6.52. The van der Waals surface area contributed by atoms with Crippen molar-refractivity contribution in [1.29, 1.82) is 0 Å². The van der Waals surface area contributed by atoms with Crippen LogP contribution < -0.4 is 10.5 Å². The van der Waals surface area contributed by atoms with Gasteiger partial charge < -0.3 is 15.6 Å². The number of piperidine rings is 1. The highest BCUT2D eigenvalue weighted by molar-refractivity contribution is 5.97. The third-order valence-corrected chi connectivity index (χ3v) is 6.52. The van der Waals surface area contributed by atoms with Crippen LogP contribution in [-0.4, -0.2) is 50.4 Å². The lowest BCUT2D eigenvalue weighted by Crippen LogP contribution is -2.42. The quantitative estimate of drug-likeness (QED) is 0.503. The van der Waals surface area contributed by atoms with Crippen LogP contribution in [0.4, 0.5) is 5.95 Å². The Morgan fingerprint density at radius 1 is 1.09 bits per heavy atom. The third kappa shape index (κ3) is 3.89. The van der Waals surface area contributed by atoms with Crippen LogP contribution in [0.3, 0.4) is 0 Å². The lowest BCUT2D eigenvalue weighted by atomic mass is 9.93. The van der Waals surface area contributed by atoms with Gasteiger partial charge in [0.1, 0.15) is 11.3 Å². The van der Waals surface area contributed by atoms with Crippen molar-refractivity contribution in [3.63, 3.8) is 0 Å². The molecule has 1 aliphatic heterocycles. The average molecular weight is 432 g/mol. The van der Waals surface area contributed by atoms with Crippen LogP contribution in [-0.2, 0) is 13.0 Å². The van der Waals surface area contributed by atoms with E-state index in [1.807, 2.05) is 25.1 Å². The Morgan fingerprint density at radius 3 is 2.59 bits per heavy atom. The van der Waals surface area contributed by atoms with Crippen molar-refractivity contribution < 1.29 is 9.84 Å². The molecule has 7 nitrogen and oxygen atoms in total. The molecule has 3 N–H and O–H groups in total. The Kier molecular flexibility index (Phi) is 5.23. The van der Waals surface area contributed by atoms with Crippen molar-refractivity contribution in [2.24, 2.45) is 0 Å². The maximum Gasteiger partial charge on any atom is 0.222 e.